The fourth-order valence-corrected chi connectivity index (χ4v) is 2.09. The first-order valence-corrected chi connectivity index (χ1v) is 7.40. The number of carbonyl (C=O) groups is 1. The van der Waals surface area contributed by atoms with Crippen molar-refractivity contribution in [1.29, 1.82) is 0 Å². The highest BCUT2D eigenvalue weighted by molar-refractivity contribution is 5.90. The van der Waals surface area contributed by atoms with E-state index in [1.807, 2.05) is 6.92 Å². The van der Waals surface area contributed by atoms with Crippen LogP contribution in [0.3, 0.4) is 0 Å². The van der Waals surface area contributed by atoms with Gasteiger partial charge in [-0.05, 0) is 25.2 Å². The molecular formula is C15H27N3O3. The number of aryl methyl sites for hydroxylation is 2. The molecule has 1 aromatic heterocycles. The van der Waals surface area contributed by atoms with Crippen LogP contribution in [0.25, 0.3) is 0 Å². The summed E-state index contributed by atoms with van der Waals surface area (Å²) in [5.74, 6) is 0.609. The third-order valence-electron chi connectivity index (χ3n) is 3.04. The van der Waals surface area contributed by atoms with Gasteiger partial charge in [0.2, 0.25) is 0 Å². The Labute approximate surface area is 126 Å². The van der Waals surface area contributed by atoms with Gasteiger partial charge >= 0.3 is 6.03 Å². The summed E-state index contributed by atoms with van der Waals surface area (Å²) in [7, 11) is 0. The number of rotatable bonds is 6. The number of aliphatic hydroxyl groups is 1. The standard InChI is InChI=1S/C15H27N3O3/c1-6-12-13(11(2)21-17-12)16-14(20)18(8-7-9-19)10-15(3,4)5/h19H,6-10H2,1-5H3,(H,16,20). The van der Waals surface area contributed by atoms with Gasteiger partial charge in [-0.1, -0.05) is 32.9 Å². The van der Waals surface area contributed by atoms with Gasteiger partial charge in [0.15, 0.2) is 5.76 Å². The van der Waals surface area contributed by atoms with Crippen molar-refractivity contribution in [2.24, 2.45) is 5.41 Å². The van der Waals surface area contributed by atoms with E-state index in [-0.39, 0.29) is 18.1 Å². The number of nitrogens with one attached hydrogen (secondary N) is 1. The zero-order chi connectivity index (χ0) is 16.0. The Morgan fingerprint density at radius 2 is 2.10 bits per heavy atom. The van der Waals surface area contributed by atoms with E-state index >= 15 is 0 Å². The van der Waals surface area contributed by atoms with Gasteiger partial charge in [-0.25, -0.2) is 4.79 Å². The molecule has 6 heteroatoms. The van der Waals surface area contributed by atoms with Crippen LogP contribution in [0.1, 0.15) is 45.6 Å². The van der Waals surface area contributed by atoms with Gasteiger partial charge in [0.1, 0.15) is 11.4 Å². The number of aromatic nitrogens is 1. The molecule has 6 nitrogen and oxygen atoms in total. The minimum absolute atomic E-state index is 0.00985. The molecule has 1 heterocycles. The Hall–Kier alpha value is -1.56. The lowest BCUT2D eigenvalue weighted by atomic mass is 9.96. The molecule has 0 aliphatic heterocycles. The van der Waals surface area contributed by atoms with Crippen LogP contribution in [-0.4, -0.2) is 40.9 Å². The Balaban J connectivity index is 2.82. The van der Waals surface area contributed by atoms with Crippen LogP contribution in [0.15, 0.2) is 4.52 Å². The molecule has 2 N–H and O–H groups in total. The number of hydrogen-bond acceptors (Lipinski definition) is 4. The summed E-state index contributed by atoms with van der Waals surface area (Å²) < 4.78 is 5.13. The molecule has 1 rings (SSSR count). The summed E-state index contributed by atoms with van der Waals surface area (Å²) >= 11 is 0. The van der Waals surface area contributed by atoms with Crippen LogP contribution >= 0.6 is 0 Å². The average Bonchev–Trinajstić information content (AvgIpc) is 2.74. The zero-order valence-corrected chi connectivity index (χ0v) is 13.7. The maximum absolute atomic E-state index is 12.5. The lowest BCUT2D eigenvalue weighted by molar-refractivity contribution is 0.176. The molecule has 0 atom stereocenters. The topological polar surface area (TPSA) is 78.6 Å². The first-order valence-electron chi connectivity index (χ1n) is 7.40. The van der Waals surface area contributed by atoms with Crippen LogP contribution in [0.5, 0.6) is 0 Å². The molecular weight excluding hydrogens is 270 g/mol. The van der Waals surface area contributed by atoms with Crippen molar-refractivity contribution in [1.82, 2.24) is 10.1 Å². The van der Waals surface area contributed by atoms with E-state index in [0.717, 1.165) is 5.69 Å². The van der Waals surface area contributed by atoms with Crippen molar-refractivity contribution in [2.45, 2.75) is 47.5 Å². The summed E-state index contributed by atoms with van der Waals surface area (Å²) in [6, 6.07) is -0.181. The number of amides is 2. The van der Waals surface area contributed by atoms with Gasteiger partial charge < -0.3 is 19.8 Å². The quantitative estimate of drug-likeness (QED) is 0.846. The highest BCUT2D eigenvalue weighted by Crippen LogP contribution is 2.22. The molecule has 0 fully saturated rings. The third kappa shape index (κ3) is 5.38. The van der Waals surface area contributed by atoms with E-state index in [9.17, 15) is 4.79 Å². The van der Waals surface area contributed by atoms with Crippen molar-refractivity contribution >= 4 is 11.7 Å². The highest BCUT2D eigenvalue weighted by atomic mass is 16.5. The highest BCUT2D eigenvalue weighted by Gasteiger charge is 2.23. The number of aliphatic hydroxyl groups excluding tert-OH is 1. The fraction of sp³-hybridized carbons (Fsp3) is 0.733. The summed E-state index contributed by atoms with van der Waals surface area (Å²) in [6.45, 7) is 11.2. The number of anilines is 1. The van der Waals surface area contributed by atoms with E-state index < -0.39 is 0 Å². The van der Waals surface area contributed by atoms with E-state index in [1.165, 1.54) is 0 Å². The SMILES string of the molecule is CCc1noc(C)c1NC(=O)N(CCCO)CC(C)(C)C. The van der Waals surface area contributed by atoms with Crippen LogP contribution in [0.4, 0.5) is 10.5 Å². The van der Waals surface area contributed by atoms with Crippen molar-refractivity contribution in [2.75, 3.05) is 25.0 Å². The first-order chi connectivity index (χ1) is 9.78. The molecule has 21 heavy (non-hydrogen) atoms. The Bertz CT molecular complexity index is 463. The maximum Gasteiger partial charge on any atom is 0.322 e. The second-order valence-corrected chi connectivity index (χ2v) is 6.40. The van der Waals surface area contributed by atoms with Crippen LogP contribution in [-0.2, 0) is 6.42 Å². The molecule has 2 amide bonds. The molecule has 1 aromatic rings. The third-order valence-corrected chi connectivity index (χ3v) is 3.04. The fourth-order valence-electron chi connectivity index (χ4n) is 2.09. The second-order valence-electron chi connectivity index (χ2n) is 6.40. The molecule has 0 unspecified atom stereocenters. The van der Waals surface area contributed by atoms with Crippen molar-refractivity contribution < 1.29 is 14.4 Å². The smallest absolute Gasteiger partial charge is 0.322 e. The van der Waals surface area contributed by atoms with Crippen LogP contribution < -0.4 is 5.32 Å². The van der Waals surface area contributed by atoms with Crippen molar-refractivity contribution in [3.8, 4) is 0 Å². The molecule has 0 bridgehead atoms. The van der Waals surface area contributed by atoms with Crippen molar-refractivity contribution in [3.05, 3.63) is 11.5 Å². The monoisotopic (exact) mass is 297 g/mol. The Morgan fingerprint density at radius 1 is 1.43 bits per heavy atom. The van der Waals surface area contributed by atoms with Gasteiger partial charge in [-0.3, -0.25) is 0 Å². The number of hydrogen-bond donors (Lipinski definition) is 2. The second kappa shape index (κ2) is 7.45. The molecule has 0 radical (unpaired) electrons. The molecule has 0 saturated heterocycles. The van der Waals surface area contributed by atoms with Gasteiger partial charge in [0.25, 0.3) is 0 Å². The van der Waals surface area contributed by atoms with E-state index in [2.05, 4.69) is 31.2 Å². The van der Waals surface area contributed by atoms with Crippen molar-refractivity contribution in [3.63, 3.8) is 0 Å². The lowest BCUT2D eigenvalue weighted by Crippen LogP contribution is -2.41. The predicted molar refractivity (Wildman–Crippen MR) is 82.4 cm³/mol. The Kier molecular flexibility index (Phi) is 6.20. The number of urea groups is 1. The summed E-state index contributed by atoms with van der Waals surface area (Å²) in [6.07, 6.45) is 1.26. The van der Waals surface area contributed by atoms with E-state index in [1.54, 1.807) is 11.8 Å². The Morgan fingerprint density at radius 3 is 2.62 bits per heavy atom. The predicted octanol–water partition coefficient (Wildman–Crippen LogP) is 2.81. The molecule has 0 aromatic carbocycles. The van der Waals surface area contributed by atoms with E-state index in [0.29, 0.717) is 37.4 Å². The largest absolute Gasteiger partial charge is 0.396 e. The molecule has 0 aliphatic rings. The summed E-state index contributed by atoms with van der Waals surface area (Å²) in [5.41, 5.74) is 1.40. The molecule has 0 saturated carbocycles. The molecule has 0 spiro atoms. The van der Waals surface area contributed by atoms with Crippen LogP contribution in [0.2, 0.25) is 0 Å². The normalized spacial score (nSPS) is 11.5. The summed E-state index contributed by atoms with van der Waals surface area (Å²) in [5, 5.41) is 15.8. The van der Waals surface area contributed by atoms with Gasteiger partial charge in [-0.2, -0.15) is 0 Å². The minimum Gasteiger partial charge on any atom is -0.396 e. The number of nitrogens with zero attached hydrogens (tertiary/aromatic N) is 2. The van der Waals surface area contributed by atoms with E-state index in [4.69, 9.17) is 9.63 Å². The average molecular weight is 297 g/mol. The van der Waals surface area contributed by atoms with Gasteiger partial charge in [-0.15, -0.1) is 0 Å². The summed E-state index contributed by atoms with van der Waals surface area (Å²) in [4.78, 5) is 14.2. The minimum atomic E-state index is -0.181. The lowest BCUT2D eigenvalue weighted by Gasteiger charge is -2.30. The van der Waals surface area contributed by atoms with Crippen LogP contribution in [0, 0.1) is 12.3 Å². The maximum atomic E-state index is 12.5. The zero-order valence-electron chi connectivity index (χ0n) is 13.7. The molecule has 120 valence electrons. The number of carbonyl (C=O) groups excluding carboxylic acids is 1. The first kappa shape index (κ1) is 17.5. The van der Waals surface area contributed by atoms with Gasteiger partial charge in [0, 0.05) is 19.7 Å². The molecule has 0 aliphatic carbocycles. The van der Waals surface area contributed by atoms with Gasteiger partial charge in [0.05, 0.1) is 0 Å².